The normalized spacial score (nSPS) is 20.2. The number of aliphatic hydroxyl groups excluding tert-OH is 1. The largest absolute Gasteiger partial charge is 0.393 e. The number of hydrogen-bond donors (Lipinski definition) is 2. The minimum absolute atomic E-state index is 0.0441. The van der Waals surface area contributed by atoms with Crippen LogP contribution < -0.4 is 5.32 Å². The molecule has 1 aromatic carbocycles. The molecular weight excluding hydrogens is 346 g/mol. The summed E-state index contributed by atoms with van der Waals surface area (Å²) in [4.78, 5) is 15.5. The number of rotatable bonds is 5. The van der Waals surface area contributed by atoms with Crippen molar-refractivity contribution in [2.75, 3.05) is 11.9 Å². The second-order valence-electron chi connectivity index (χ2n) is 7.21. The summed E-state index contributed by atoms with van der Waals surface area (Å²) in [6.07, 6.45) is 5.29. The number of nitro benzene ring substituents is 1. The Morgan fingerprint density at radius 1 is 1.37 bits per heavy atom. The molecule has 8 nitrogen and oxygen atoms in total. The Labute approximate surface area is 156 Å². The Morgan fingerprint density at radius 2 is 2.22 bits per heavy atom. The molecule has 4 rings (SSSR count). The van der Waals surface area contributed by atoms with Crippen LogP contribution in [0, 0.1) is 16.0 Å². The van der Waals surface area contributed by atoms with E-state index >= 15 is 0 Å². The summed E-state index contributed by atoms with van der Waals surface area (Å²) in [6.45, 7) is 3.42. The fourth-order valence-corrected chi connectivity index (χ4v) is 3.98. The molecule has 27 heavy (non-hydrogen) atoms. The standard InChI is InChI=1S/C19H23N5O3/c1-2-23-19-16(11-21-23)18(20-10-12-4-3-5-14(25)8-12)15-9-13(24(26)27)6-7-17(15)22-19/h6-7,9,11-12,14,25H,2-5,8,10H2,1H3,(H,20,22). The number of nitro groups is 1. The minimum Gasteiger partial charge on any atom is -0.393 e. The summed E-state index contributed by atoms with van der Waals surface area (Å²) in [5.74, 6) is 0.381. The zero-order valence-corrected chi connectivity index (χ0v) is 15.3. The van der Waals surface area contributed by atoms with E-state index in [0.717, 1.165) is 47.8 Å². The average molecular weight is 369 g/mol. The number of anilines is 1. The summed E-state index contributed by atoms with van der Waals surface area (Å²) >= 11 is 0. The fourth-order valence-electron chi connectivity index (χ4n) is 3.98. The smallest absolute Gasteiger partial charge is 0.270 e. The van der Waals surface area contributed by atoms with Gasteiger partial charge >= 0.3 is 0 Å². The summed E-state index contributed by atoms with van der Waals surface area (Å²) in [5, 5.41) is 30.6. The predicted octanol–water partition coefficient (Wildman–Crippen LogP) is 3.48. The van der Waals surface area contributed by atoms with Gasteiger partial charge in [-0.1, -0.05) is 6.42 Å². The molecule has 1 fully saturated rings. The van der Waals surface area contributed by atoms with Gasteiger partial charge in [-0.15, -0.1) is 0 Å². The summed E-state index contributed by atoms with van der Waals surface area (Å²) in [5.41, 5.74) is 2.35. The molecule has 2 aromatic heterocycles. The second kappa shape index (κ2) is 7.11. The molecular formula is C19H23N5O3. The van der Waals surface area contributed by atoms with Gasteiger partial charge in [-0.3, -0.25) is 10.1 Å². The SMILES string of the molecule is CCn1ncc2c(NCC3CCCC(O)C3)c3cc([N+](=O)[O-])ccc3nc21. The van der Waals surface area contributed by atoms with E-state index in [0.29, 0.717) is 24.5 Å². The first-order chi connectivity index (χ1) is 13.1. The average Bonchev–Trinajstić information content (AvgIpc) is 3.07. The van der Waals surface area contributed by atoms with Gasteiger partial charge in [-0.25, -0.2) is 9.67 Å². The van der Waals surface area contributed by atoms with Crippen LogP contribution >= 0.6 is 0 Å². The molecule has 2 atom stereocenters. The van der Waals surface area contributed by atoms with E-state index in [1.165, 1.54) is 6.07 Å². The molecule has 1 aliphatic rings. The molecule has 142 valence electrons. The third-order valence-corrected chi connectivity index (χ3v) is 5.39. The van der Waals surface area contributed by atoms with Crippen LogP contribution in [0.1, 0.15) is 32.6 Å². The number of aliphatic hydroxyl groups is 1. The molecule has 0 amide bonds. The van der Waals surface area contributed by atoms with Gasteiger partial charge in [-0.05, 0) is 38.2 Å². The number of benzene rings is 1. The van der Waals surface area contributed by atoms with Crippen LogP contribution in [0.2, 0.25) is 0 Å². The van der Waals surface area contributed by atoms with Gasteiger partial charge in [0.15, 0.2) is 5.65 Å². The topological polar surface area (TPSA) is 106 Å². The Hall–Kier alpha value is -2.74. The van der Waals surface area contributed by atoms with Crippen molar-refractivity contribution in [2.24, 2.45) is 5.92 Å². The van der Waals surface area contributed by atoms with Crippen LogP contribution in [0.4, 0.5) is 11.4 Å². The number of nitrogens with one attached hydrogen (secondary N) is 1. The van der Waals surface area contributed by atoms with Crippen LogP contribution in [-0.4, -0.2) is 37.4 Å². The van der Waals surface area contributed by atoms with Gasteiger partial charge in [-0.2, -0.15) is 5.10 Å². The Balaban J connectivity index is 1.79. The lowest BCUT2D eigenvalue weighted by Crippen LogP contribution is -2.25. The van der Waals surface area contributed by atoms with Crippen LogP contribution in [-0.2, 0) is 6.54 Å². The molecule has 2 unspecified atom stereocenters. The van der Waals surface area contributed by atoms with Gasteiger partial charge < -0.3 is 10.4 Å². The van der Waals surface area contributed by atoms with E-state index in [4.69, 9.17) is 0 Å². The zero-order valence-electron chi connectivity index (χ0n) is 15.3. The fraction of sp³-hybridized carbons (Fsp3) is 0.474. The highest BCUT2D eigenvalue weighted by Gasteiger charge is 2.21. The van der Waals surface area contributed by atoms with Crippen LogP contribution in [0.25, 0.3) is 21.9 Å². The van der Waals surface area contributed by atoms with Crippen molar-refractivity contribution in [3.63, 3.8) is 0 Å². The Bertz CT molecular complexity index is 1000. The van der Waals surface area contributed by atoms with Gasteiger partial charge in [0.05, 0.1) is 33.8 Å². The monoisotopic (exact) mass is 369 g/mol. The number of aryl methyl sites for hydroxylation is 1. The molecule has 3 aromatic rings. The van der Waals surface area contributed by atoms with E-state index in [1.54, 1.807) is 18.3 Å². The molecule has 0 spiro atoms. The molecule has 1 saturated carbocycles. The maximum atomic E-state index is 11.2. The first-order valence-corrected chi connectivity index (χ1v) is 9.42. The number of hydrogen-bond acceptors (Lipinski definition) is 6. The van der Waals surface area contributed by atoms with Crippen LogP contribution in [0.5, 0.6) is 0 Å². The summed E-state index contributed by atoms with van der Waals surface area (Å²) in [6, 6.07) is 4.74. The van der Waals surface area contributed by atoms with E-state index in [-0.39, 0.29) is 16.7 Å². The Morgan fingerprint density at radius 3 is 2.96 bits per heavy atom. The number of pyridine rings is 1. The number of aromatic nitrogens is 3. The van der Waals surface area contributed by atoms with Crippen molar-refractivity contribution in [3.05, 3.63) is 34.5 Å². The van der Waals surface area contributed by atoms with E-state index in [9.17, 15) is 15.2 Å². The molecule has 8 heteroatoms. The van der Waals surface area contributed by atoms with E-state index in [1.807, 2.05) is 11.6 Å². The molecule has 0 aliphatic heterocycles. The van der Waals surface area contributed by atoms with Crippen LogP contribution in [0.15, 0.2) is 24.4 Å². The van der Waals surface area contributed by atoms with Crippen LogP contribution in [0.3, 0.4) is 0 Å². The molecule has 2 N–H and O–H groups in total. The predicted molar refractivity (Wildman–Crippen MR) is 104 cm³/mol. The Kier molecular flexibility index (Phi) is 4.65. The van der Waals surface area contributed by atoms with Crippen molar-refractivity contribution < 1.29 is 10.0 Å². The first-order valence-electron chi connectivity index (χ1n) is 9.42. The first kappa shape index (κ1) is 17.7. The van der Waals surface area contributed by atoms with Crippen molar-refractivity contribution >= 4 is 33.3 Å². The maximum Gasteiger partial charge on any atom is 0.270 e. The van der Waals surface area contributed by atoms with E-state index < -0.39 is 0 Å². The van der Waals surface area contributed by atoms with Gasteiger partial charge in [0.2, 0.25) is 0 Å². The molecule has 0 bridgehead atoms. The lowest BCUT2D eigenvalue weighted by Gasteiger charge is -2.26. The van der Waals surface area contributed by atoms with Gasteiger partial charge in [0, 0.05) is 30.6 Å². The third-order valence-electron chi connectivity index (χ3n) is 5.39. The minimum atomic E-state index is -0.389. The second-order valence-corrected chi connectivity index (χ2v) is 7.21. The highest BCUT2D eigenvalue weighted by molar-refractivity contribution is 6.07. The zero-order chi connectivity index (χ0) is 19.0. The van der Waals surface area contributed by atoms with Gasteiger partial charge in [0.25, 0.3) is 5.69 Å². The number of nitrogens with zero attached hydrogens (tertiary/aromatic N) is 4. The maximum absolute atomic E-state index is 11.2. The van der Waals surface area contributed by atoms with Gasteiger partial charge in [0.1, 0.15) is 0 Å². The third kappa shape index (κ3) is 3.32. The summed E-state index contributed by atoms with van der Waals surface area (Å²) < 4.78 is 1.83. The van der Waals surface area contributed by atoms with E-state index in [2.05, 4.69) is 15.4 Å². The van der Waals surface area contributed by atoms with Crippen molar-refractivity contribution in [1.29, 1.82) is 0 Å². The van der Waals surface area contributed by atoms with Crippen molar-refractivity contribution in [1.82, 2.24) is 14.8 Å². The quantitative estimate of drug-likeness (QED) is 0.527. The number of fused-ring (bicyclic) bond motifs is 2. The molecule has 0 saturated heterocycles. The molecule has 0 radical (unpaired) electrons. The molecule has 2 heterocycles. The summed E-state index contributed by atoms with van der Waals surface area (Å²) in [7, 11) is 0. The van der Waals surface area contributed by atoms with Crippen molar-refractivity contribution in [2.45, 2.75) is 45.3 Å². The number of non-ortho nitro benzene ring substituents is 1. The lowest BCUT2D eigenvalue weighted by atomic mass is 9.87. The molecule has 1 aliphatic carbocycles. The highest BCUT2D eigenvalue weighted by atomic mass is 16.6. The highest BCUT2D eigenvalue weighted by Crippen LogP contribution is 2.34. The van der Waals surface area contributed by atoms with Crippen molar-refractivity contribution in [3.8, 4) is 0 Å². The lowest BCUT2D eigenvalue weighted by molar-refractivity contribution is -0.384.